The average Bonchev–Trinajstić information content (AvgIpc) is 1.85. The van der Waals surface area contributed by atoms with E-state index in [1.807, 2.05) is 6.19 Å². The molecule has 0 atom stereocenters. The largest absolute Gasteiger partial charge is 0.469 e. The lowest BCUT2D eigenvalue weighted by atomic mass is 10.0. The number of esters is 1. The van der Waals surface area contributed by atoms with Gasteiger partial charge in [-0.25, -0.2) is 0 Å². The first-order chi connectivity index (χ1) is 4.77. The molecular formula is C6H8N2O2. The van der Waals surface area contributed by atoms with Crippen LogP contribution in [-0.4, -0.2) is 31.1 Å². The molecule has 0 aromatic carbocycles. The molecular weight excluding hydrogens is 132 g/mol. The maximum atomic E-state index is 10.7. The predicted molar refractivity (Wildman–Crippen MR) is 32.7 cm³/mol. The van der Waals surface area contributed by atoms with Gasteiger partial charge in [0, 0.05) is 13.1 Å². The van der Waals surface area contributed by atoms with Gasteiger partial charge in [-0.15, -0.1) is 0 Å². The normalized spacial score (nSPS) is 17.4. The lowest BCUT2D eigenvalue weighted by Gasteiger charge is -2.32. The van der Waals surface area contributed by atoms with Crippen molar-refractivity contribution < 1.29 is 9.53 Å². The Morgan fingerprint density at radius 1 is 1.80 bits per heavy atom. The third-order valence-electron chi connectivity index (χ3n) is 1.56. The van der Waals surface area contributed by atoms with Crippen LogP contribution in [0.5, 0.6) is 0 Å². The number of carbonyl (C=O) groups excluding carboxylic acids is 1. The van der Waals surface area contributed by atoms with Crippen LogP contribution in [0.15, 0.2) is 0 Å². The molecule has 0 bridgehead atoms. The summed E-state index contributed by atoms with van der Waals surface area (Å²) in [6.45, 7) is 1.03. The summed E-state index contributed by atoms with van der Waals surface area (Å²) in [6.07, 6.45) is 1.94. The minimum Gasteiger partial charge on any atom is -0.469 e. The Morgan fingerprint density at radius 2 is 2.40 bits per heavy atom. The van der Waals surface area contributed by atoms with Gasteiger partial charge in [0.15, 0.2) is 6.19 Å². The van der Waals surface area contributed by atoms with Gasteiger partial charge in [-0.1, -0.05) is 0 Å². The van der Waals surface area contributed by atoms with Gasteiger partial charge in [-0.3, -0.25) is 4.79 Å². The highest BCUT2D eigenvalue weighted by atomic mass is 16.5. The van der Waals surface area contributed by atoms with Crippen LogP contribution in [-0.2, 0) is 9.53 Å². The molecule has 0 spiro atoms. The second-order valence-electron chi connectivity index (χ2n) is 2.23. The molecule has 0 amide bonds. The monoisotopic (exact) mass is 140 g/mol. The zero-order chi connectivity index (χ0) is 7.56. The predicted octanol–water partition coefficient (Wildman–Crippen LogP) is -0.428. The molecule has 1 fully saturated rings. The third kappa shape index (κ3) is 1.03. The Morgan fingerprint density at radius 3 is 2.80 bits per heavy atom. The van der Waals surface area contributed by atoms with Crippen LogP contribution >= 0.6 is 0 Å². The van der Waals surface area contributed by atoms with E-state index >= 15 is 0 Å². The Kier molecular flexibility index (Phi) is 1.76. The Hall–Kier alpha value is -1.24. The number of hydrogen-bond acceptors (Lipinski definition) is 4. The lowest BCUT2D eigenvalue weighted by Crippen LogP contribution is -2.47. The number of methoxy groups -OCH3 is 1. The molecule has 4 heteroatoms. The van der Waals surface area contributed by atoms with Crippen molar-refractivity contribution in [3.63, 3.8) is 0 Å². The zero-order valence-corrected chi connectivity index (χ0v) is 5.70. The molecule has 1 aliphatic rings. The molecule has 0 unspecified atom stereocenters. The van der Waals surface area contributed by atoms with Gasteiger partial charge in [0.05, 0.1) is 13.0 Å². The Balaban J connectivity index is 2.27. The number of nitriles is 1. The third-order valence-corrected chi connectivity index (χ3v) is 1.56. The van der Waals surface area contributed by atoms with Crippen molar-refractivity contribution in [3.05, 3.63) is 0 Å². The average molecular weight is 140 g/mol. The van der Waals surface area contributed by atoms with Crippen molar-refractivity contribution >= 4 is 5.97 Å². The lowest BCUT2D eigenvalue weighted by molar-refractivity contribution is -0.149. The van der Waals surface area contributed by atoms with E-state index in [-0.39, 0.29) is 11.9 Å². The Bertz CT molecular complexity index is 179. The van der Waals surface area contributed by atoms with Crippen molar-refractivity contribution in [2.45, 2.75) is 0 Å². The van der Waals surface area contributed by atoms with E-state index in [0.29, 0.717) is 13.1 Å². The van der Waals surface area contributed by atoms with Crippen LogP contribution in [0, 0.1) is 17.4 Å². The van der Waals surface area contributed by atoms with Gasteiger partial charge in [-0.2, -0.15) is 5.26 Å². The summed E-state index contributed by atoms with van der Waals surface area (Å²) < 4.78 is 4.47. The maximum absolute atomic E-state index is 10.7. The summed E-state index contributed by atoms with van der Waals surface area (Å²) in [5, 5.41) is 8.28. The number of carbonyl (C=O) groups is 1. The van der Waals surface area contributed by atoms with Gasteiger partial charge >= 0.3 is 5.97 Å². The fraction of sp³-hybridized carbons (Fsp3) is 0.667. The molecule has 54 valence electrons. The van der Waals surface area contributed by atoms with E-state index in [0.717, 1.165) is 0 Å². The molecule has 1 saturated heterocycles. The van der Waals surface area contributed by atoms with Crippen LogP contribution in [0.4, 0.5) is 0 Å². The van der Waals surface area contributed by atoms with E-state index in [9.17, 15) is 4.79 Å². The molecule has 4 nitrogen and oxygen atoms in total. The fourth-order valence-electron chi connectivity index (χ4n) is 0.876. The number of hydrogen-bond donors (Lipinski definition) is 0. The first-order valence-corrected chi connectivity index (χ1v) is 3.00. The van der Waals surface area contributed by atoms with E-state index in [1.54, 1.807) is 0 Å². The first kappa shape index (κ1) is 6.87. The molecule has 10 heavy (non-hydrogen) atoms. The number of nitrogens with zero attached hydrogens (tertiary/aromatic N) is 2. The van der Waals surface area contributed by atoms with Crippen molar-refractivity contribution in [3.8, 4) is 6.19 Å². The summed E-state index contributed by atoms with van der Waals surface area (Å²) in [6, 6.07) is 0. The molecule has 0 aromatic heterocycles. The van der Waals surface area contributed by atoms with Gasteiger partial charge in [0.2, 0.25) is 0 Å². The van der Waals surface area contributed by atoms with Crippen LogP contribution in [0.3, 0.4) is 0 Å². The molecule has 0 aliphatic carbocycles. The summed E-state index contributed by atoms with van der Waals surface area (Å²) >= 11 is 0. The van der Waals surface area contributed by atoms with Crippen LogP contribution in [0.1, 0.15) is 0 Å². The number of likely N-dealkylation sites (tertiary alicyclic amines) is 1. The fourth-order valence-corrected chi connectivity index (χ4v) is 0.876. The van der Waals surface area contributed by atoms with Gasteiger partial charge < -0.3 is 9.64 Å². The van der Waals surface area contributed by atoms with E-state index in [1.165, 1.54) is 12.0 Å². The minimum absolute atomic E-state index is 0.0790. The smallest absolute Gasteiger partial charge is 0.312 e. The van der Waals surface area contributed by atoms with Crippen molar-refractivity contribution in [1.82, 2.24) is 4.90 Å². The van der Waals surface area contributed by atoms with Crippen LogP contribution in [0.25, 0.3) is 0 Å². The minimum atomic E-state index is -0.216. The van der Waals surface area contributed by atoms with E-state index in [2.05, 4.69) is 4.74 Å². The molecule has 1 rings (SSSR count). The topological polar surface area (TPSA) is 53.3 Å². The van der Waals surface area contributed by atoms with Crippen LogP contribution in [0.2, 0.25) is 0 Å². The highest BCUT2D eigenvalue weighted by molar-refractivity contribution is 5.73. The molecule has 0 radical (unpaired) electrons. The molecule has 1 heterocycles. The van der Waals surface area contributed by atoms with Crippen LogP contribution < -0.4 is 0 Å². The van der Waals surface area contributed by atoms with Gasteiger partial charge in [0.25, 0.3) is 0 Å². The zero-order valence-electron chi connectivity index (χ0n) is 5.70. The maximum Gasteiger partial charge on any atom is 0.312 e. The Labute approximate surface area is 59.0 Å². The van der Waals surface area contributed by atoms with Gasteiger partial charge in [0.1, 0.15) is 0 Å². The van der Waals surface area contributed by atoms with E-state index in [4.69, 9.17) is 5.26 Å². The van der Waals surface area contributed by atoms with Crippen molar-refractivity contribution in [2.24, 2.45) is 5.92 Å². The molecule has 0 saturated carbocycles. The molecule has 0 aromatic rings. The highest BCUT2D eigenvalue weighted by Gasteiger charge is 2.32. The molecule has 1 aliphatic heterocycles. The van der Waals surface area contributed by atoms with E-state index < -0.39 is 0 Å². The quantitative estimate of drug-likeness (QED) is 0.366. The summed E-state index contributed by atoms with van der Waals surface area (Å²) in [4.78, 5) is 12.2. The van der Waals surface area contributed by atoms with Gasteiger partial charge in [-0.05, 0) is 0 Å². The molecule has 0 N–H and O–H groups in total. The summed E-state index contributed by atoms with van der Waals surface area (Å²) in [5.74, 6) is -0.295. The number of ether oxygens (including phenoxy) is 1. The SMILES string of the molecule is COC(=O)C1CN(C#N)C1. The first-order valence-electron chi connectivity index (χ1n) is 3.00. The van der Waals surface area contributed by atoms with Crippen molar-refractivity contribution in [2.75, 3.05) is 20.2 Å². The second kappa shape index (κ2) is 2.56. The standard InChI is InChI=1S/C6H8N2O2/c1-10-6(9)5-2-8(3-5)4-7/h5H,2-3H2,1H3. The van der Waals surface area contributed by atoms with Crippen molar-refractivity contribution in [1.29, 1.82) is 5.26 Å². The number of rotatable bonds is 1. The second-order valence-corrected chi connectivity index (χ2v) is 2.23. The highest BCUT2D eigenvalue weighted by Crippen LogP contribution is 2.14. The summed E-state index contributed by atoms with van der Waals surface area (Å²) in [7, 11) is 1.36. The summed E-state index contributed by atoms with van der Waals surface area (Å²) in [5.41, 5.74) is 0.